The molecule has 47 heavy (non-hydrogen) atoms. The zero-order valence-electron chi connectivity index (χ0n) is 31.0. The largest absolute Gasteiger partial charge is 0.462 e. The average molecular weight is 661 g/mol. The zero-order chi connectivity index (χ0) is 34.3. The molecule has 0 spiro atoms. The summed E-state index contributed by atoms with van der Waals surface area (Å²) in [4.78, 5) is 24.2. The summed E-state index contributed by atoms with van der Waals surface area (Å²) in [6.45, 7) is 4.10. The lowest BCUT2D eigenvalue weighted by atomic mass is 10.1. The summed E-state index contributed by atoms with van der Waals surface area (Å²) < 4.78 is 10.6. The van der Waals surface area contributed by atoms with Crippen LogP contribution in [0.1, 0.15) is 200 Å². The molecule has 0 aromatic rings. The Bertz CT molecular complexity index is 756. The van der Waals surface area contributed by atoms with E-state index in [0.29, 0.717) is 12.8 Å². The number of aliphatic hydroxyl groups is 1. The number of hydrogen-bond acceptors (Lipinski definition) is 5. The quantitative estimate of drug-likeness (QED) is 0.0411. The van der Waals surface area contributed by atoms with E-state index in [1.165, 1.54) is 122 Å². The molecule has 0 aliphatic rings. The minimum absolute atomic E-state index is 0.0727. The van der Waals surface area contributed by atoms with E-state index in [-0.39, 0.29) is 25.2 Å². The molecule has 274 valence electrons. The molecule has 0 rings (SSSR count). The Labute approximate surface area is 291 Å². The number of rotatable bonds is 36. The van der Waals surface area contributed by atoms with E-state index in [1.54, 1.807) is 0 Å². The molecule has 1 atom stereocenters. The Morgan fingerprint density at radius 3 is 1.30 bits per heavy atom. The van der Waals surface area contributed by atoms with Crippen LogP contribution in [-0.2, 0) is 19.1 Å². The van der Waals surface area contributed by atoms with Crippen LogP contribution >= 0.6 is 0 Å². The minimum atomic E-state index is -0.778. The summed E-state index contributed by atoms with van der Waals surface area (Å²) >= 11 is 0. The lowest BCUT2D eigenvalue weighted by Gasteiger charge is -2.15. The maximum atomic E-state index is 12.2. The second kappa shape index (κ2) is 38.6. The smallest absolute Gasteiger partial charge is 0.306 e. The molecule has 1 N–H and O–H groups in total. The summed E-state index contributed by atoms with van der Waals surface area (Å²) in [6, 6.07) is 0. The first kappa shape index (κ1) is 45.1. The van der Waals surface area contributed by atoms with Crippen LogP contribution in [0.5, 0.6) is 0 Å². The Kier molecular flexibility index (Phi) is 37.0. The molecular formula is C42H76O5. The summed E-state index contributed by atoms with van der Waals surface area (Å²) in [7, 11) is 0. The number of unbranched alkanes of at least 4 members (excludes halogenated alkanes) is 22. The van der Waals surface area contributed by atoms with E-state index in [2.05, 4.69) is 50.3 Å². The molecule has 5 heteroatoms. The highest BCUT2D eigenvalue weighted by Crippen LogP contribution is 2.13. The maximum absolute atomic E-state index is 12.2. The Balaban J connectivity index is 3.58. The SMILES string of the molecule is CCCCCC/C=C\C/C=C\CCCCCCCC(=O)OC(CO)COC(=O)CCCCCCCCC/C=C\CCCCCCCC. The molecule has 5 nitrogen and oxygen atoms in total. The summed E-state index contributed by atoms with van der Waals surface area (Å²) in [5.74, 6) is -0.609. The van der Waals surface area contributed by atoms with Crippen LogP contribution < -0.4 is 0 Å². The summed E-state index contributed by atoms with van der Waals surface area (Å²) in [5, 5.41) is 9.55. The van der Waals surface area contributed by atoms with Crippen molar-refractivity contribution in [2.24, 2.45) is 0 Å². The zero-order valence-corrected chi connectivity index (χ0v) is 31.0. The van der Waals surface area contributed by atoms with Crippen LogP contribution in [0, 0.1) is 0 Å². The van der Waals surface area contributed by atoms with Crippen molar-refractivity contribution in [1.29, 1.82) is 0 Å². The molecular weight excluding hydrogens is 584 g/mol. The van der Waals surface area contributed by atoms with Gasteiger partial charge in [-0.1, -0.05) is 153 Å². The van der Waals surface area contributed by atoms with Gasteiger partial charge in [0.1, 0.15) is 6.61 Å². The van der Waals surface area contributed by atoms with E-state index in [4.69, 9.17) is 9.47 Å². The number of carbonyl (C=O) groups excluding carboxylic acids is 2. The monoisotopic (exact) mass is 661 g/mol. The third-order valence-corrected chi connectivity index (χ3v) is 8.66. The molecule has 0 heterocycles. The van der Waals surface area contributed by atoms with Crippen LogP contribution in [0.2, 0.25) is 0 Å². The van der Waals surface area contributed by atoms with E-state index < -0.39 is 6.10 Å². The van der Waals surface area contributed by atoms with Gasteiger partial charge in [-0.05, 0) is 70.6 Å². The lowest BCUT2D eigenvalue weighted by Crippen LogP contribution is -2.28. The topological polar surface area (TPSA) is 72.8 Å². The van der Waals surface area contributed by atoms with Crippen LogP contribution in [0.3, 0.4) is 0 Å². The van der Waals surface area contributed by atoms with Gasteiger partial charge in [-0.2, -0.15) is 0 Å². The van der Waals surface area contributed by atoms with E-state index >= 15 is 0 Å². The molecule has 0 aliphatic carbocycles. The lowest BCUT2D eigenvalue weighted by molar-refractivity contribution is -0.161. The van der Waals surface area contributed by atoms with Crippen LogP contribution in [0.4, 0.5) is 0 Å². The fraction of sp³-hybridized carbons (Fsp3) is 0.810. The predicted octanol–water partition coefficient (Wildman–Crippen LogP) is 12.5. The first-order valence-electron chi connectivity index (χ1n) is 20.0. The van der Waals surface area contributed by atoms with Crippen molar-refractivity contribution >= 4 is 11.9 Å². The Morgan fingerprint density at radius 1 is 0.489 bits per heavy atom. The molecule has 0 aromatic heterocycles. The van der Waals surface area contributed by atoms with E-state index in [1.807, 2.05) is 0 Å². The third-order valence-electron chi connectivity index (χ3n) is 8.66. The van der Waals surface area contributed by atoms with Gasteiger partial charge < -0.3 is 14.6 Å². The highest BCUT2D eigenvalue weighted by atomic mass is 16.6. The Morgan fingerprint density at radius 2 is 0.851 bits per heavy atom. The van der Waals surface area contributed by atoms with Gasteiger partial charge in [0.15, 0.2) is 6.10 Å². The minimum Gasteiger partial charge on any atom is -0.462 e. The Hall–Kier alpha value is -1.88. The second-order valence-corrected chi connectivity index (χ2v) is 13.4. The highest BCUT2D eigenvalue weighted by Gasteiger charge is 2.16. The van der Waals surface area contributed by atoms with Crippen molar-refractivity contribution in [1.82, 2.24) is 0 Å². The van der Waals surface area contributed by atoms with Gasteiger partial charge in [0.2, 0.25) is 0 Å². The van der Waals surface area contributed by atoms with Crippen molar-refractivity contribution in [3.63, 3.8) is 0 Å². The van der Waals surface area contributed by atoms with Gasteiger partial charge >= 0.3 is 11.9 Å². The number of carbonyl (C=O) groups is 2. The molecule has 0 bridgehead atoms. The van der Waals surface area contributed by atoms with Gasteiger partial charge in [-0.3, -0.25) is 9.59 Å². The van der Waals surface area contributed by atoms with Crippen molar-refractivity contribution < 1.29 is 24.2 Å². The van der Waals surface area contributed by atoms with Crippen LogP contribution in [0.15, 0.2) is 36.5 Å². The number of allylic oxidation sites excluding steroid dienone is 6. The number of esters is 2. The third kappa shape index (κ3) is 36.8. The van der Waals surface area contributed by atoms with Crippen molar-refractivity contribution in [3.05, 3.63) is 36.5 Å². The van der Waals surface area contributed by atoms with Crippen molar-refractivity contribution in [3.8, 4) is 0 Å². The standard InChI is InChI=1S/C42H76O5/c1-3-5-7-9-11-13-15-17-19-21-23-24-26-28-30-32-34-36-41(44)46-39-40(38-43)47-42(45)37-35-33-31-29-27-25-22-20-18-16-14-12-10-8-6-4-2/h14,16-17,19-20,22,40,43H,3-13,15,18,21,23-39H2,1-2H3/b16-14-,19-17-,22-20-. The molecule has 0 saturated carbocycles. The molecule has 1 unspecified atom stereocenters. The van der Waals surface area contributed by atoms with Crippen molar-refractivity contribution in [2.45, 2.75) is 206 Å². The number of ether oxygens (including phenoxy) is 2. The normalized spacial score (nSPS) is 12.5. The number of aliphatic hydroxyl groups excluding tert-OH is 1. The first-order valence-corrected chi connectivity index (χ1v) is 20.0. The molecule has 0 fully saturated rings. The van der Waals surface area contributed by atoms with E-state index in [9.17, 15) is 14.7 Å². The molecule has 0 aliphatic heterocycles. The van der Waals surface area contributed by atoms with Crippen LogP contribution in [-0.4, -0.2) is 36.4 Å². The summed E-state index contributed by atoms with van der Waals surface area (Å²) in [6.07, 6.45) is 46.3. The fourth-order valence-corrected chi connectivity index (χ4v) is 5.58. The van der Waals surface area contributed by atoms with Gasteiger partial charge in [-0.25, -0.2) is 0 Å². The molecule has 0 amide bonds. The van der Waals surface area contributed by atoms with Crippen LogP contribution in [0.25, 0.3) is 0 Å². The maximum Gasteiger partial charge on any atom is 0.306 e. The van der Waals surface area contributed by atoms with Gasteiger partial charge in [0.25, 0.3) is 0 Å². The molecule has 0 saturated heterocycles. The van der Waals surface area contributed by atoms with Crippen molar-refractivity contribution in [2.75, 3.05) is 13.2 Å². The average Bonchev–Trinajstić information content (AvgIpc) is 3.07. The summed E-state index contributed by atoms with van der Waals surface area (Å²) in [5.41, 5.74) is 0. The van der Waals surface area contributed by atoms with Gasteiger partial charge in [0, 0.05) is 12.8 Å². The van der Waals surface area contributed by atoms with Gasteiger partial charge in [-0.15, -0.1) is 0 Å². The second-order valence-electron chi connectivity index (χ2n) is 13.4. The van der Waals surface area contributed by atoms with Gasteiger partial charge in [0.05, 0.1) is 6.61 Å². The molecule has 0 aromatic carbocycles. The number of hydrogen-bond donors (Lipinski definition) is 1. The molecule has 0 radical (unpaired) electrons. The highest BCUT2D eigenvalue weighted by molar-refractivity contribution is 5.70. The van der Waals surface area contributed by atoms with E-state index in [0.717, 1.165) is 51.4 Å². The predicted molar refractivity (Wildman–Crippen MR) is 201 cm³/mol. The fourth-order valence-electron chi connectivity index (χ4n) is 5.58. The first-order chi connectivity index (χ1) is 23.1.